The smallest absolute Gasteiger partial charge is 0.169 e. The fourth-order valence-corrected chi connectivity index (χ4v) is 9.32. The van der Waals surface area contributed by atoms with Crippen LogP contribution in [0.4, 0.5) is 0 Å². The van der Waals surface area contributed by atoms with E-state index in [1.165, 1.54) is 70.3 Å². The molecular formula is C40H53N2OS2+. The Labute approximate surface area is 280 Å². The second-order valence-electron chi connectivity index (χ2n) is 15.6. The molecule has 240 valence electrons. The fraction of sp³-hybridized carbons (Fsp3) is 0.500. The van der Waals surface area contributed by atoms with Gasteiger partial charge in [0.05, 0.1) is 6.04 Å². The number of carbonyl (C=O) groups excluding carboxylic acids is 1. The van der Waals surface area contributed by atoms with Gasteiger partial charge in [-0.15, -0.1) is 0 Å². The normalized spacial score (nSPS) is 24.7. The summed E-state index contributed by atoms with van der Waals surface area (Å²) < 4.78 is 2.34. The average Bonchev–Trinajstić information content (AvgIpc) is 2.98. The predicted octanol–water partition coefficient (Wildman–Crippen LogP) is 9.54. The molecule has 0 fully saturated rings. The van der Waals surface area contributed by atoms with Gasteiger partial charge >= 0.3 is 0 Å². The van der Waals surface area contributed by atoms with Crippen LogP contribution in [-0.2, 0) is 11.3 Å². The lowest BCUT2D eigenvalue weighted by Gasteiger charge is -2.58. The fourth-order valence-electron chi connectivity index (χ4n) is 7.08. The van der Waals surface area contributed by atoms with Gasteiger partial charge in [0.1, 0.15) is 12.8 Å². The molecule has 0 amide bonds. The van der Waals surface area contributed by atoms with E-state index in [1.807, 2.05) is 10.8 Å². The molecule has 45 heavy (non-hydrogen) atoms. The van der Waals surface area contributed by atoms with Crippen molar-refractivity contribution in [2.45, 2.75) is 93.7 Å². The van der Waals surface area contributed by atoms with Crippen molar-refractivity contribution in [2.24, 2.45) is 27.4 Å². The van der Waals surface area contributed by atoms with Gasteiger partial charge < -0.3 is 10.5 Å². The van der Waals surface area contributed by atoms with Crippen LogP contribution >= 0.6 is 21.6 Å². The summed E-state index contributed by atoms with van der Waals surface area (Å²) in [6.07, 6.45) is 27.5. The molecular weight excluding hydrogens is 589 g/mol. The van der Waals surface area contributed by atoms with Gasteiger partial charge in [-0.1, -0.05) is 120 Å². The number of carbonyl (C=O) groups is 1. The topological polar surface area (TPSA) is 47.0 Å². The lowest BCUT2D eigenvalue weighted by atomic mass is 9.44. The molecule has 5 heteroatoms. The number of rotatable bonds is 12. The number of unbranched alkanes of at least 4 members (excludes halogenated alkanes) is 3. The van der Waals surface area contributed by atoms with E-state index in [4.69, 9.17) is 5.73 Å². The van der Waals surface area contributed by atoms with Crippen LogP contribution in [0.15, 0.2) is 100 Å². The predicted molar refractivity (Wildman–Crippen MR) is 196 cm³/mol. The Morgan fingerprint density at radius 2 is 1.38 bits per heavy atom. The van der Waals surface area contributed by atoms with Crippen LogP contribution in [0.25, 0.3) is 5.57 Å². The third-order valence-electron chi connectivity index (χ3n) is 10.4. The molecule has 0 bridgehead atoms. The van der Waals surface area contributed by atoms with Crippen molar-refractivity contribution in [1.82, 2.24) is 0 Å². The minimum atomic E-state index is -0.338. The second kappa shape index (κ2) is 13.0. The quantitative estimate of drug-likeness (QED) is 0.107. The summed E-state index contributed by atoms with van der Waals surface area (Å²) in [5.74, 6) is 1.81. The molecule has 0 aromatic carbocycles. The molecule has 0 spiro atoms. The summed E-state index contributed by atoms with van der Waals surface area (Å²) in [6.45, 7) is 20.0. The maximum Gasteiger partial charge on any atom is 0.169 e. The van der Waals surface area contributed by atoms with E-state index in [0.717, 1.165) is 18.6 Å². The number of allylic oxidation sites excluding steroid dienone is 14. The van der Waals surface area contributed by atoms with Crippen molar-refractivity contribution in [3.63, 3.8) is 0 Å². The van der Waals surface area contributed by atoms with Crippen molar-refractivity contribution in [2.75, 3.05) is 11.5 Å². The Bertz CT molecular complexity index is 1540. The summed E-state index contributed by atoms with van der Waals surface area (Å²) in [5, 5.41) is 0. The van der Waals surface area contributed by atoms with E-state index >= 15 is 0 Å². The Morgan fingerprint density at radius 3 is 2.00 bits per heavy atom. The van der Waals surface area contributed by atoms with Gasteiger partial charge in [0, 0.05) is 40.9 Å². The SMILES string of the molecule is CC(C)(C)C1=CC2=CC(c3cc[n+](CCCCCCSSCC(N)C=O)cc3)=C3C=C(C(C)(C)C)C=C4C=CC(=C1)C2(C)C43C. The van der Waals surface area contributed by atoms with Gasteiger partial charge in [-0.2, -0.15) is 0 Å². The Kier molecular flexibility index (Phi) is 9.86. The minimum Gasteiger partial charge on any atom is -0.321 e. The van der Waals surface area contributed by atoms with Crippen LogP contribution in [0, 0.1) is 21.7 Å². The summed E-state index contributed by atoms with van der Waals surface area (Å²) in [4.78, 5) is 10.6. The van der Waals surface area contributed by atoms with Crippen LogP contribution < -0.4 is 10.3 Å². The highest BCUT2D eigenvalue weighted by Crippen LogP contribution is 2.68. The second-order valence-corrected chi connectivity index (χ2v) is 18.2. The summed E-state index contributed by atoms with van der Waals surface area (Å²) in [5.41, 5.74) is 16.7. The average molecular weight is 642 g/mol. The zero-order valence-corrected chi connectivity index (χ0v) is 30.3. The summed E-state index contributed by atoms with van der Waals surface area (Å²) >= 11 is 0. The van der Waals surface area contributed by atoms with Crippen LogP contribution in [0.1, 0.15) is 86.6 Å². The first-order valence-electron chi connectivity index (χ1n) is 16.7. The van der Waals surface area contributed by atoms with Gasteiger partial charge in [-0.3, -0.25) is 0 Å². The van der Waals surface area contributed by atoms with Gasteiger partial charge in [-0.05, 0) is 74.3 Å². The van der Waals surface area contributed by atoms with Gasteiger partial charge in [-0.25, -0.2) is 4.57 Å². The highest BCUT2D eigenvalue weighted by atomic mass is 33.1. The number of aldehydes is 1. The standard InChI is InChI=1S/C40H53N2OS2/c1-37(2,3)31-21-29-13-14-30-22-32(38(4,5)6)25-36-35(24-33(23-31)39(29,7)40(30,36)8)28-15-18-42(19-16-28)17-11-9-10-12-20-44-45-27-34(41)26-43/h13-16,18-19,21-26,34H,9-12,17,20,27,41H2,1-8H3/q+1. The van der Waals surface area contributed by atoms with Crippen LogP contribution in [0.3, 0.4) is 0 Å². The Balaban J connectivity index is 1.39. The highest BCUT2D eigenvalue weighted by molar-refractivity contribution is 8.76. The summed E-state index contributed by atoms with van der Waals surface area (Å²) in [7, 11) is 3.54. The molecule has 3 nitrogen and oxygen atoms in total. The first-order chi connectivity index (χ1) is 21.2. The molecule has 2 N–H and O–H groups in total. The lowest BCUT2D eigenvalue weighted by Crippen LogP contribution is -2.48. The number of hydrogen-bond donors (Lipinski definition) is 1. The molecule has 0 saturated heterocycles. The molecule has 4 aliphatic carbocycles. The van der Waals surface area contributed by atoms with Crippen LogP contribution in [-0.4, -0.2) is 23.8 Å². The van der Waals surface area contributed by atoms with E-state index < -0.39 is 0 Å². The maximum atomic E-state index is 10.6. The summed E-state index contributed by atoms with van der Waals surface area (Å²) in [6, 6.07) is 4.33. The molecule has 0 saturated carbocycles. The first kappa shape index (κ1) is 34.0. The molecule has 4 aliphatic rings. The van der Waals surface area contributed by atoms with E-state index in [-0.39, 0.29) is 27.7 Å². The maximum absolute atomic E-state index is 10.6. The Morgan fingerprint density at radius 1 is 0.778 bits per heavy atom. The third-order valence-corrected chi connectivity index (χ3v) is 12.9. The molecule has 0 aliphatic heterocycles. The largest absolute Gasteiger partial charge is 0.321 e. The van der Waals surface area contributed by atoms with Crippen molar-refractivity contribution < 1.29 is 9.36 Å². The minimum absolute atomic E-state index is 0.0638. The van der Waals surface area contributed by atoms with E-state index in [0.29, 0.717) is 5.75 Å². The number of nitrogens with zero attached hydrogens (tertiary/aromatic N) is 1. The van der Waals surface area contributed by atoms with Crippen LogP contribution in [0.5, 0.6) is 0 Å². The number of hydrogen-bond acceptors (Lipinski definition) is 4. The van der Waals surface area contributed by atoms with Crippen molar-refractivity contribution >= 4 is 33.4 Å². The van der Waals surface area contributed by atoms with Crippen molar-refractivity contribution in [3.8, 4) is 0 Å². The number of aryl methyl sites for hydroxylation is 1. The lowest BCUT2D eigenvalue weighted by molar-refractivity contribution is -0.697. The number of pyridine rings is 1. The van der Waals surface area contributed by atoms with E-state index in [1.54, 1.807) is 10.8 Å². The third kappa shape index (κ3) is 6.60. The first-order valence-corrected chi connectivity index (χ1v) is 19.2. The van der Waals surface area contributed by atoms with Gasteiger partial charge in [0.2, 0.25) is 0 Å². The molecule has 5 rings (SSSR count). The monoisotopic (exact) mass is 641 g/mol. The molecule has 1 aromatic rings. The molecule has 1 aromatic heterocycles. The number of aromatic nitrogens is 1. The van der Waals surface area contributed by atoms with Gasteiger partial charge in [0.15, 0.2) is 12.4 Å². The number of nitrogens with two attached hydrogens (primary N) is 1. The zero-order chi connectivity index (χ0) is 32.6. The van der Waals surface area contributed by atoms with Crippen molar-refractivity contribution in [1.29, 1.82) is 0 Å². The Hall–Kier alpha value is -2.34. The highest BCUT2D eigenvalue weighted by Gasteiger charge is 2.58. The van der Waals surface area contributed by atoms with Crippen molar-refractivity contribution in [3.05, 3.63) is 106 Å². The molecule has 0 radical (unpaired) electrons. The van der Waals surface area contributed by atoms with E-state index in [2.05, 4.69) is 127 Å². The molecule has 3 unspecified atom stereocenters. The van der Waals surface area contributed by atoms with Crippen LogP contribution in [0.2, 0.25) is 0 Å². The zero-order valence-electron chi connectivity index (χ0n) is 28.7. The van der Waals surface area contributed by atoms with E-state index in [9.17, 15) is 4.79 Å². The van der Waals surface area contributed by atoms with Gasteiger partial charge in [0.25, 0.3) is 0 Å². The molecule has 3 atom stereocenters. The molecule has 1 heterocycles.